The second kappa shape index (κ2) is 12.8. The normalized spacial score (nSPS) is 10.7. The predicted molar refractivity (Wildman–Crippen MR) is 135 cm³/mol. The Morgan fingerprint density at radius 2 is 1.74 bits per heavy atom. The molecule has 2 N–H and O–H groups in total. The van der Waals surface area contributed by atoms with Crippen LogP contribution in [0.15, 0.2) is 78.4 Å². The molecule has 0 aromatic heterocycles. The van der Waals surface area contributed by atoms with Crippen molar-refractivity contribution in [2.75, 3.05) is 18.5 Å². The summed E-state index contributed by atoms with van der Waals surface area (Å²) < 4.78 is 11.3. The number of nitriles is 1. The molecule has 0 bridgehead atoms. The molecule has 3 rings (SSSR count). The summed E-state index contributed by atoms with van der Waals surface area (Å²) in [7, 11) is 0. The fourth-order valence-corrected chi connectivity index (χ4v) is 3.19. The second-order valence-electron chi connectivity index (χ2n) is 7.32. The molecule has 0 atom stereocenters. The third-order valence-electron chi connectivity index (χ3n) is 4.73. The van der Waals surface area contributed by atoms with E-state index in [1.54, 1.807) is 42.5 Å². The highest BCUT2D eigenvalue weighted by Crippen LogP contribution is 2.29. The Balaban J connectivity index is 1.66. The Hall–Kier alpha value is -4.28. The van der Waals surface area contributed by atoms with Gasteiger partial charge in [-0.05, 0) is 60.5 Å². The summed E-state index contributed by atoms with van der Waals surface area (Å²) in [6.07, 6.45) is 1.47. The Kier molecular flexibility index (Phi) is 9.29. The van der Waals surface area contributed by atoms with Crippen LogP contribution < -0.4 is 20.1 Å². The molecule has 0 saturated carbocycles. The molecule has 0 saturated heterocycles. The number of ether oxygens (including phenoxy) is 2. The number of rotatable bonds is 10. The van der Waals surface area contributed by atoms with Gasteiger partial charge >= 0.3 is 0 Å². The summed E-state index contributed by atoms with van der Waals surface area (Å²) >= 11 is 5.85. The first-order valence-electron chi connectivity index (χ1n) is 10.9. The minimum absolute atomic E-state index is 0.0422. The van der Waals surface area contributed by atoms with Crippen molar-refractivity contribution >= 4 is 35.2 Å². The van der Waals surface area contributed by atoms with Gasteiger partial charge in [-0.15, -0.1) is 0 Å². The first kappa shape index (κ1) is 25.3. The maximum Gasteiger partial charge on any atom is 0.262 e. The molecule has 0 unspecified atom stereocenters. The van der Waals surface area contributed by atoms with E-state index in [1.807, 2.05) is 43.3 Å². The van der Waals surface area contributed by atoms with Crippen LogP contribution in [-0.4, -0.2) is 25.0 Å². The number of amides is 2. The Morgan fingerprint density at radius 1 is 1.00 bits per heavy atom. The lowest BCUT2D eigenvalue weighted by Gasteiger charge is -2.13. The van der Waals surface area contributed by atoms with Crippen molar-refractivity contribution < 1.29 is 19.1 Å². The summed E-state index contributed by atoms with van der Waals surface area (Å²) in [5.74, 6) is -0.0704. The topological polar surface area (TPSA) is 100 Å². The first-order chi connectivity index (χ1) is 17.0. The molecule has 3 aromatic carbocycles. The molecule has 178 valence electrons. The van der Waals surface area contributed by atoms with Gasteiger partial charge in [0.15, 0.2) is 18.1 Å². The number of nitrogens with zero attached hydrogens (tertiary/aromatic N) is 1. The van der Waals surface area contributed by atoms with Gasteiger partial charge in [0.05, 0.1) is 6.61 Å². The smallest absolute Gasteiger partial charge is 0.262 e. The molecule has 8 heteroatoms. The standard InChI is InChI=1S/C27H24ClN3O4/c1-2-34-25-15-20(14-21(16-29)27(33)30-17-19-6-4-3-5-7-19)8-13-24(25)35-18-26(32)31-23-11-9-22(28)10-12-23/h3-15H,2,17-18H2,1H3,(H,30,33)(H,31,32)/b21-14+. The average Bonchev–Trinajstić information content (AvgIpc) is 2.87. The van der Waals surface area contributed by atoms with Crippen LogP contribution in [0.25, 0.3) is 6.08 Å². The molecule has 0 heterocycles. The van der Waals surface area contributed by atoms with E-state index in [4.69, 9.17) is 21.1 Å². The summed E-state index contributed by atoms with van der Waals surface area (Å²) in [6.45, 7) is 2.26. The number of hydrogen-bond donors (Lipinski definition) is 2. The van der Waals surface area contributed by atoms with E-state index in [-0.39, 0.29) is 18.1 Å². The number of carbonyl (C=O) groups is 2. The summed E-state index contributed by atoms with van der Waals surface area (Å²) in [4.78, 5) is 24.7. The number of hydrogen-bond acceptors (Lipinski definition) is 5. The van der Waals surface area contributed by atoms with E-state index in [2.05, 4.69) is 10.6 Å². The van der Waals surface area contributed by atoms with Crippen LogP contribution in [0.1, 0.15) is 18.1 Å². The van der Waals surface area contributed by atoms with Gasteiger partial charge in [-0.3, -0.25) is 9.59 Å². The van der Waals surface area contributed by atoms with Crippen molar-refractivity contribution in [3.8, 4) is 17.6 Å². The van der Waals surface area contributed by atoms with Crippen molar-refractivity contribution in [2.45, 2.75) is 13.5 Å². The van der Waals surface area contributed by atoms with Crippen molar-refractivity contribution in [3.63, 3.8) is 0 Å². The van der Waals surface area contributed by atoms with E-state index in [1.165, 1.54) is 6.08 Å². The number of benzene rings is 3. The average molecular weight is 490 g/mol. The maximum absolute atomic E-state index is 12.5. The third kappa shape index (κ3) is 7.91. The van der Waals surface area contributed by atoms with Crippen LogP contribution in [0.3, 0.4) is 0 Å². The van der Waals surface area contributed by atoms with Crippen LogP contribution in [0, 0.1) is 11.3 Å². The summed E-state index contributed by atoms with van der Waals surface area (Å²) in [5.41, 5.74) is 2.07. The number of carbonyl (C=O) groups excluding carboxylic acids is 2. The molecule has 0 radical (unpaired) electrons. The molecule has 0 fully saturated rings. The monoisotopic (exact) mass is 489 g/mol. The second-order valence-corrected chi connectivity index (χ2v) is 7.76. The predicted octanol–water partition coefficient (Wildman–Crippen LogP) is 4.98. The third-order valence-corrected chi connectivity index (χ3v) is 4.98. The molecule has 0 aliphatic carbocycles. The lowest BCUT2D eigenvalue weighted by molar-refractivity contribution is -0.118. The van der Waals surface area contributed by atoms with E-state index in [9.17, 15) is 14.9 Å². The highest BCUT2D eigenvalue weighted by atomic mass is 35.5. The lowest BCUT2D eigenvalue weighted by Crippen LogP contribution is -2.23. The van der Waals surface area contributed by atoms with E-state index in [0.29, 0.717) is 40.9 Å². The molecule has 0 aliphatic heterocycles. The van der Waals surface area contributed by atoms with E-state index >= 15 is 0 Å². The van der Waals surface area contributed by atoms with Gasteiger partial charge in [-0.1, -0.05) is 48.0 Å². The van der Waals surface area contributed by atoms with Crippen LogP contribution in [0.5, 0.6) is 11.5 Å². The molecule has 3 aromatic rings. The minimum atomic E-state index is -0.478. The van der Waals surface area contributed by atoms with Crippen LogP contribution in [0.2, 0.25) is 5.02 Å². The van der Waals surface area contributed by atoms with Gasteiger partial charge in [0.1, 0.15) is 11.6 Å². The van der Waals surface area contributed by atoms with Crippen molar-refractivity contribution in [1.29, 1.82) is 5.26 Å². The zero-order valence-corrected chi connectivity index (χ0v) is 19.8. The molecule has 2 amide bonds. The SMILES string of the molecule is CCOc1cc(/C=C(\C#N)C(=O)NCc2ccccc2)ccc1OCC(=O)Nc1ccc(Cl)cc1. The van der Waals surface area contributed by atoms with Gasteiger partial charge in [-0.2, -0.15) is 5.26 Å². The summed E-state index contributed by atoms with van der Waals surface area (Å²) in [5, 5.41) is 15.5. The fourth-order valence-electron chi connectivity index (χ4n) is 3.06. The van der Waals surface area contributed by atoms with E-state index < -0.39 is 5.91 Å². The Bertz CT molecular complexity index is 1240. The number of anilines is 1. The fraction of sp³-hybridized carbons (Fsp3) is 0.148. The quantitative estimate of drug-likeness (QED) is 0.309. The van der Waals surface area contributed by atoms with Gasteiger partial charge in [0.2, 0.25) is 0 Å². The number of nitrogens with one attached hydrogen (secondary N) is 2. The molecule has 35 heavy (non-hydrogen) atoms. The van der Waals surface area contributed by atoms with Crippen LogP contribution in [0.4, 0.5) is 5.69 Å². The van der Waals surface area contributed by atoms with Crippen molar-refractivity contribution in [3.05, 3.63) is 94.5 Å². The highest BCUT2D eigenvalue weighted by molar-refractivity contribution is 6.30. The van der Waals surface area contributed by atoms with Crippen molar-refractivity contribution in [2.24, 2.45) is 0 Å². The Morgan fingerprint density at radius 3 is 2.43 bits per heavy atom. The zero-order chi connectivity index (χ0) is 25.0. The maximum atomic E-state index is 12.5. The largest absolute Gasteiger partial charge is 0.490 e. The highest BCUT2D eigenvalue weighted by Gasteiger charge is 2.12. The van der Waals surface area contributed by atoms with Gasteiger partial charge in [-0.25, -0.2) is 0 Å². The van der Waals surface area contributed by atoms with Crippen LogP contribution in [-0.2, 0) is 16.1 Å². The minimum Gasteiger partial charge on any atom is -0.490 e. The lowest BCUT2D eigenvalue weighted by atomic mass is 10.1. The van der Waals surface area contributed by atoms with E-state index in [0.717, 1.165) is 5.56 Å². The zero-order valence-electron chi connectivity index (χ0n) is 19.1. The van der Waals surface area contributed by atoms with Gasteiger partial charge in [0, 0.05) is 17.3 Å². The molecule has 0 spiro atoms. The Labute approximate surface area is 208 Å². The number of halogens is 1. The first-order valence-corrected chi connectivity index (χ1v) is 11.2. The molecular weight excluding hydrogens is 466 g/mol. The van der Waals surface area contributed by atoms with Gasteiger partial charge in [0.25, 0.3) is 11.8 Å². The van der Waals surface area contributed by atoms with Gasteiger partial charge < -0.3 is 20.1 Å². The van der Waals surface area contributed by atoms with Crippen LogP contribution >= 0.6 is 11.6 Å². The molecule has 0 aliphatic rings. The van der Waals surface area contributed by atoms with Crippen molar-refractivity contribution in [1.82, 2.24) is 5.32 Å². The molecule has 7 nitrogen and oxygen atoms in total. The molecular formula is C27H24ClN3O4. The summed E-state index contributed by atoms with van der Waals surface area (Å²) in [6, 6.07) is 23.0.